The smallest absolute Gasteiger partial charge is 0.253 e. The molecule has 0 bridgehead atoms. The molecule has 0 saturated carbocycles. The predicted octanol–water partition coefficient (Wildman–Crippen LogP) is 2.85. The summed E-state index contributed by atoms with van der Waals surface area (Å²) >= 11 is 0. The lowest BCUT2D eigenvalue weighted by atomic mass is 9.99. The second-order valence-electron chi connectivity index (χ2n) is 5.90. The zero-order valence-corrected chi connectivity index (χ0v) is 14.3. The van der Waals surface area contributed by atoms with Gasteiger partial charge in [0.1, 0.15) is 0 Å². The summed E-state index contributed by atoms with van der Waals surface area (Å²) in [5, 5.41) is 12.0. The lowest BCUT2D eigenvalue weighted by Crippen LogP contribution is -2.25. The molecule has 0 atom stereocenters. The molecular formula is C21H17N3O2. The van der Waals surface area contributed by atoms with Gasteiger partial charge in [0, 0.05) is 25.9 Å². The summed E-state index contributed by atoms with van der Waals surface area (Å²) in [6.45, 7) is 0.377. The van der Waals surface area contributed by atoms with Crippen molar-refractivity contribution in [2.45, 2.75) is 6.54 Å². The molecule has 1 N–H and O–H groups in total. The first-order valence-corrected chi connectivity index (χ1v) is 8.12. The summed E-state index contributed by atoms with van der Waals surface area (Å²) in [4.78, 5) is 23.6. The largest absolute Gasteiger partial charge is 0.348 e. The molecule has 0 fully saturated rings. The topological polar surface area (TPSA) is 74.9 Å². The Morgan fingerprint density at radius 2 is 1.81 bits per heavy atom. The first-order valence-electron chi connectivity index (χ1n) is 8.12. The zero-order valence-electron chi connectivity index (χ0n) is 14.3. The molecule has 2 aromatic carbocycles. The molecule has 5 nitrogen and oxygen atoms in total. The van der Waals surface area contributed by atoms with Crippen molar-refractivity contribution in [1.82, 2.24) is 9.88 Å². The lowest BCUT2D eigenvalue weighted by Gasteiger charge is -2.08. The number of benzene rings is 2. The molecule has 0 radical (unpaired) electrons. The van der Waals surface area contributed by atoms with E-state index in [9.17, 15) is 14.9 Å². The van der Waals surface area contributed by atoms with Crippen molar-refractivity contribution >= 4 is 5.91 Å². The van der Waals surface area contributed by atoms with Crippen molar-refractivity contribution in [3.8, 4) is 17.2 Å². The third kappa shape index (κ3) is 3.70. The van der Waals surface area contributed by atoms with E-state index in [1.54, 1.807) is 13.1 Å². The monoisotopic (exact) mass is 343 g/mol. The van der Waals surface area contributed by atoms with E-state index >= 15 is 0 Å². The number of rotatable bonds is 4. The Balaban J connectivity index is 1.70. The Hall–Kier alpha value is -3.65. The molecule has 1 aromatic heterocycles. The Labute approximate surface area is 151 Å². The van der Waals surface area contributed by atoms with Crippen LogP contribution in [0.25, 0.3) is 11.1 Å². The van der Waals surface area contributed by atoms with Gasteiger partial charge in [0.15, 0.2) is 0 Å². The van der Waals surface area contributed by atoms with Crippen molar-refractivity contribution in [2.24, 2.45) is 7.05 Å². The van der Waals surface area contributed by atoms with E-state index in [1.807, 2.05) is 42.5 Å². The SMILES string of the molecule is Cn1cc(C(=O)NCc2ccc(-c3ccccc3C#N)cc2)ccc1=O. The maximum Gasteiger partial charge on any atom is 0.253 e. The van der Waals surface area contributed by atoms with Gasteiger partial charge in [-0.3, -0.25) is 9.59 Å². The minimum absolute atomic E-state index is 0.158. The standard InChI is InChI=1S/C21H17N3O2/c1-24-14-18(10-11-20(24)25)21(26)23-13-15-6-8-16(9-7-15)19-5-3-2-4-17(19)12-22/h2-11,14H,13H2,1H3,(H,23,26). The van der Waals surface area contributed by atoms with Crippen LogP contribution < -0.4 is 10.9 Å². The third-order valence-electron chi connectivity index (χ3n) is 4.11. The fraction of sp³-hybridized carbons (Fsp3) is 0.0952. The number of aryl methyl sites for hydroxylation is 1. The molecule has 0 aliphatic rings. The van der Waals surface area contributed by atoms with E-state index in [1.165, 1.54) is 22.9 Å². The molecule has 0 saturated heterocycles. The van der Waals surface area contributed by atoms with Gasteiger partial charge in [0.2, 0.25) is 5.56 Å². The van der Waals surface area contributed by atoms with Gasteiger partial charge >= 0.3 is 0 Å². The fourth-order valence-corrected chi connectivity index (χ4v) is 2.65. The summed E-state index contributed by atoms with van der Waals surface area (Å²) in [7, 11) is 1.61. The molecule has 128 valence electrons. The second kappa shape index (κ2) is 7.49. The average molecular weight is 343 g/mol. The molecule has 0 aliphatic heterocycles. The number of hydrogen-bond acceptors (Lipinski definition) is 3. The van der Waals surface area contributed by atoms with Gasteiger partial charge in [-0.25, -0.2) is 0 Å². The Kier molecular flexibility index (Phi) is 4.95. The molecule has 0 spiro atoms. The van der Waals surface area contributed by atoms with Crippen LogP contribution in [0.3, 0.4) is 0 Å². The van der Waals surface area contributed by atoms with E-state index in [-0.39, 0.29) is 11.5 Å². The predicted molar refractivity (Wildman–Crippen MR) is 99.4 cm³/mol. The van der Waals surface area contributed by atoms with Crippen LogP contribution >= 0.6 is 0 Å². The van der Waals surface area contributed by atoms with Gasteiger partial charge in [-0.15, -0.1) is 0 Å². The van der Waals surface area contributed by atoms with Gasteiger partial charge in [0.05, 0.1) is 17.2 Å². The summed E-state index contributed by atoms with van der Waals surface area (Å²) in [6.07, 6.45) is 1.51. The quantitative estimate of drug-likeness (QED) is 0.791. The number of carbonyl (C=O) groups excluding carboxylic acids is 1. The van der Waals surface area contributed by atoms with Crippen molar-refractivity contribution < 1.29 is 4.79 Å². The molecule has 5 heteroatoms. The second-order valence-corrected chi connectivity index (χ2v) is 5.90. The van der Waals surface area contributed by atoms with Crippen molar-refractivity contribution in [1.29, 1.82) is 5.26 Å². The minimum Gasteiger partial charge on any atom is -0.348 e. The molecular weight excluding hydrogens is 326 g/mol. The summed E-state index contributed by atoms with van der Waals surface area (Å²) in [5.41, 5.74) is 3.69. The number of aromatic nitrogens is 1. The van der Waals surface area contributed by atoms with E-state index in [0.29, 0.717) is 17.7 Å². The molecule has 1 amide bonds. The number of carbonyl (C=O) groups is 1. The van der Waals surface area contributed by atoms with Crippen LogP contribution in [-0.2, 0) is 13.6 Å². The van der Waals surface area contributed by atoms with Crippen LogP contribution in [0, 0.1) is 11.3 Å². The highest BCUT2D eigenvalue weighted by molar-refractivity contribution is 5.93. The van der Waals surface area contributed by atoms with Crippen LogP contribution in [0.1, 0.15) is 21.5 Å². The van der Waals surface area contributed by atoms with E-state index < -0.39 is 0 Å². The Morgan fingerprint density at radius 3 is 2.50 bits per heavy atom. The molecule has 1 heterocycles. The molecule has 26 heavy (non-hydrogen) atoms. The van der Waals surface area contributed by atoms with Crippen molar-refractivity contribution in [2.75, 3.05) is 0 Å². The first kappa shape index (κ1) is 17.2. The van der Waals surface area contributed by atoms with Gasteiger partial charge in [0.25, 0.3) is 5.91 Å². The third-order valence-corrected chi connectivity index (χ3v) is 4.11. The first-order chi connectivity index (χ1) is 12.6. The highest BCUT2D eigenvalue weighted by atomic mass is 16.2. The van der Waals surface area contributed by atoms with E-state index in [4.69, 9.17) is 0 Å². The lowest BCUT2D eigenvalue weighted by molar-refractivity contribution is 0.0950. The van der Waals surface area contributed by atoms with E-state index in [0.717, 1.165) is 16.7 Å². The normalized spacial score (nSPS) is 10.2. The van der Waals surface area contributed by atoms with Crippen LogP contribution in [0.5, 0.6) is 0 Å². The highest BCUT2D eigenvalue weighted by Crippen LogP contribution is 2.23. The number of nitrogens with zero attached hydrogens (tertiary/aromatic N) is 2. The number of pyridine rings is 1. The molecule has 3 aromatic rings. The van der Waals surface area contributed by atoms with Gasteiger partial charge in [-0.1, -0.05) is 42.5 Å². The highest BCUT2D eigenvalue weighted by Gasteiger charge is 2.07. The fourth-order valence-electron chi connectivity index (χ4n) is 2.65. The molecule has 3 rings (SSSR count). The maximum absolute atomic E-state index is 12.2. The van der Waals surface area contributed by atoms with Crippen molar-refractivity contribution in [3.63, 3.8) is 0 Å². The van der Waals surface area contributed by atoms with Crippen LogP contribution in [0.2, 0.25) is 0 Å². The molecule has 0 unspecified atom stereocenters. The van der Waals surface area contributed by atoms with Crippen molar-refractivity contribution in [3.05, 3.63) is 93.9 Å². The Bertz CT molecular complexity index is 1040. The van der Waals surface area contributed by atoms with E-state index in [2.05, 4.69) is 11.4 Å². The average Bonchev–Trinajstić information content (AvgIpc) is 2.68. The number of hydrogen-bond donors (Lipinski definition) is 1. The van der Waals surface area contributed by atoms with Crippen LogP contribution in [-0.4, -0.2) is 10.5 Å². The number of nitriles is 1. The maximum atomic E-state index is 12.2. The number of nitrogens with one attached hydrogen (secondary N) is 1. The summed E-state index contributed by atoms with van der Waals surface area (Å²) < 4.78 is 1.37. The van der Waals surface area contributed by atoms with Gasteiger partial charge in [-0.2, -0.15) is 5.26 Å². The summed E-state index contributed by atoms with van der Waals surface area (Å²) in [5.74, 6) is -0.237. The molecule has 0 aliphatic carbocycles. The van der Waals surface area contributed by atoms with Gasteiger partial charge < -0.3 is 9.88 Å². The van der Waals surface area contributed by atoms with Crippen LogP contribution in [0.4, 0.5) is 0 Å². The number of amides is 1. The van der Waals surface area contributed by atoms with Crippen LogP contribution in [0.15, 0.2) is 71.7 Å². The Morgan fingerprint density at radius 1 is 1.08 bits per heavy atom. The summed E-state index contributed by atoms with van der Waals surface area (Å²) in [6, 6.07) is 20.2. The zero-order chi connectivity index (χ0) is 18.5. The minimum atomic E-state index is -0.237. The van der Waals surface area contributed by atoms with Gasteiger partial charge in [-0.05, 0) is 28.8 Å².